The lowest BCUT2D eigenvalue weighted by Crippen LogP contribution is -2.22. The Morgan fingerprint density at radius 1 is 1.31 bits per heavy atom. The second-order valence-corrected chi connectivity index (χ2v) is 3.98. The molecule has 6 heteroatoms. The molecule has 0 spiro atoms. The lowest BCUT2D eigenvalue weighted by Gasteiger charge is -1.82. The normalized spacial score (nSPS) is 10.1. The summed E-state index contributed by atoms with van der Waals surface area (Å²) in [6.07, 6.45) is 0. The summed E-state index contributed by atoms with van der Waals surface area (Å²) in [5.41, 5.74) is 1.32. The Labute approximate surface area is 83.0 Å². The maximum absolute atomic E-state index is 9.53. The molecule has 0 radical (unpaired) electrons. The molecule has 1 aromatic carbocycles. The first-order valence-corrected chi connectivity index (χ1v) is 5.30. The highest BCUT2D eigenvalue weighted by molar-refractivity contribution is 7.88. The molecule has 0 aliphatic rings. The molecule has 0 unspecified atom stereocenters. The van der Waals surface area contributed by atoms with E-state index < -0.39 is 10.2 Å². The Morgan fingerprint density at radius 3 is 1.85 bits per heavy atom. The van der Waals surface area contributed by atoms with Gasteiger partial charge in [0.25, 0.3) is 10.2 Å². The van der Waals surface area contributed by atoms with Crippen molar-refractivity contribution in [1.29, 1.82) is 0 Å². The summed E-state index contributed by atoms with van der Waals surface area (Å²) < 4.78 is 20.4. The molecule has 3 N–H and O–H groups in total. The van der Waals surface area contributed by atoms with Crippen LogP contribution in [-0.2, 0) is 10.2 Å². The summed E-state index contributed by atoms with van der Waals surface area (Å²) in [5, 5.41) is 4.26. The van der Waals surface area contributed by atoms with Crippen molar-refractivity contribution in [1.82, 2.24) is 4.24 Å². The third kappa shape index (κ3) is 9.29. The topological polar surface area (TPSA) is 72.2 Å². The molecule has 0 amide bonds. The van der Waals surface area contributed by atoms with Crippen LogP contribution in [0.1, 0.15) is 5.56 Å². The molecule has 0 saturated heterocycles. The monoisotopic (exact) mass is 222 g/mol. The van der Waals surface area contributed by atoms with Gasteiger partial charge in [0.15, 0.2) is 0 Å². The summed E-state index contributed by atoms with van der Waals surface area (Å²) in [7, 11) is -3.65. The van der Waals surface area contributed by atoms with Crippen molar-refractivity contribution in [3.8, 4) is 0 Å². The molecule has 1 aromatic rings. The zero-order valence-corrected chi connectivity index (χ0v) is 8.64. The maximum Gasteiger partial charge on any atom is 0.287 e. The van der Waals surface area contributed by atoms with Gasteiger partial charge in [-0.25, -0.2) is 5.14 Å². The lowest BCUT2D eigenvalue weighted by atomic mass is 10.2. The first-order chi connectivity index (χ1) is 5.95. The van der Waals surface area contributed by atoms with Crippen LogP contribution in [0.25, 0.3) is 0 Å². The van der Waals surface area contributed by atoms with Crippen LogP contribution >= 0.6 is 11.8 Å². The number of aryl methyl sites for hydroxylation is 1. The van der Waals surface area contributed by atoms with Gasteiger partial charge in [-0.1, -0.05) is 35.9 Å². The number of hydrogen-bond donors (Lipinski definition) is 2. The van der Waals surface area contributed by atoms with Gasteiger partial charge in [-0.2, -0.15) is 8.42 Å². The van der Waals surface area contributed by atoms with Crippen LogP contribution in [0, 0.1) is 6.92 Å². The molecule has 4 nitrogen and oxygen atoms in total. The molecule has 0 atom stereocenters. The highest BCUT2D eigenvalue weighted by Crippen LogP contribution is 1.92. The lowest BCUT2D eigenvalue weighted by molar-refractivity contribution is 0.596. The van der Waals surface area contributed by atoms with Crippen molar-refractivity contribution in [3.63, 3.8) is 0 Å². The van der Waals surface area contributed by atoms with Crippen LogP contribution in [0.2, 0.25) is 0 Å². The Bertz CT molecular complexity index is 326. The Morgan fingerprint density at radius 2 is 1.69 bits per heavy atom. The molecule has 74 valence electrons. The van der Waals surface area contributed by atoms with Gasteiger partial charge in [0.05, 0.1) is 0 Å². The average Bonchev–Trinajstić information content (AvgIpc) is 2.06. The molecule has 0 aliphatic carbocycles. The van der Waals surface area contributed by atoms with Crippen LogP contribution in [0.15, 0.2) is 30.3 Å². The third-order valence-electron chi connectivity index (χ3n) is 1.05. The minimum atomic E-state index is -3.65. The van der Waals surface area contributed by atoms with Crippen LogP contribution in [0.3, 0.4) is 0 Å². The van der Waals surface area contributed by atoms with E-state index in [0.717, 1.165) is 0 Å². The SMILES string of the molecule is Cc1ccccc1.NS(=O)(=O)NCl. The minimum Gasteiger partial charge on any atom is -0.215 e. The number of nitrogens with two attached hydrogens (primary N) is 1. The van der Waals surface area contributed by atoms with E-state index in [1.807, 2.05) is 18.2 Å². The number of benzene rings is 1. The van der Waals surface area contributed by atoms with E-state index in [-0.39, 0.29) is 0 Å². The molecule has 0 aromatic heterocycles. The Balaban J connectivity index is 0.000000226. The van der Waals surface area contributed by atoms with Gasteiger partial charge in [0.2, 0.25) is 0 Å². The summed E-state index contributed by atoms with van der Waals surface area (Å²) in [4.78, 5) is 0. The van der Waals surface area contributed by atoms with E-state index in [1.54, 1.807) is 0 Å². The maximum atomic E-state index is 9.53. The van der Waals surface area contributed by atoms with E-state index in [2.05, 4.69) is 36.0 Å². The van der Waals surface area contributed by atoms with Crippen molar-refractivity contribution >= 4 is 22.0 Å². The highest BCUT2D eigenvalue weighted by atomic mass is 35.5. The van der Waals surface area contributed by atoms with Gasteiger partial charge in [0, 0.05) is 0 Å². The standard InChI is InChI=1S/C7H8.ClH3N2O2S/c1-7-5-3-2-4-6-7;1-3-6(2,4)5/h2-6H,1H3;3H,(H2,2,4,5). The van der Waals surface area contributed by atoms with Gasteiger partial charge in [0.1, 0.15) is 0 Å². The zero-order chi connectivity index (χ0) is 10.3. The predicted octanol–water partition coefficient (Wildman–Crippen LogP) is 0.928. The van der Waals surface area contributed by atoms with Gasteiger partial charge < -0.3 is 0 Å². The summed E-state index contributed by atoms with van der Waals surface area (Å²) in [6.45, 7) is 2.08. The molecule has 0 saturated carbocycles. The summed E-state index contributed by atoms with van der Waals surface area (Å²) in [5.74, 6) is 0. The summed E-state index contributed by atoms with van der Waals surface area (Å²) >= 11 is 4.51. The number of halogens is 1. The fraction of sp³-hybridized carbons (Fsp3) is 0.143. The van der Waals surface area contributed by atoms with E-state index in [0.29, 0.717) is 0 Å². The fourth-order valence-electron chi connectivity index (χ4n) is 0.534. The van der Waals surface area contributed by atoms with Crippen LogP contribution in [-0.4, -0.2) is 8.42 Å². The van der Waals surface area contributed by atoms with E-state index in [1.165, 1.54) is 9.80 Å². The average molecular weight is 223 g/mol. The third-order valence-corrected chi connectivity index (χ3v) is 1.91. The number of rotatable bonds is 1. The van der Waals surface area contributed by atoms with E-state index >= 15 is 0 Å². The smallest absolute Gasteiger partial charge is 0.215 e. The summed E-state index contributed by atoms with van der Waals surface area (Å²) in [6, 6.07) is 10.3. The van der Waals surface area contributed by atoms with Gasteiger partial charge in [-0.3, -0.25) is 0 Å². The van der Waals surface area contributed by atoms with Gasteiger partial charge in [-0.15, -0.1) is 4.24 Å². The van der Waals surface area contributed by atoms with Crippen molar-refractivity contribution in [2.24, 2.45) is 5.14 Å². The zero-order valence-electron chi connectivity index (χ0n) is 7.07. The van der Waals surface area contributed by atoms with Crippen molar-refractivity contribution in [2.75, 3.05) is 0 Å². The van der Waals surface area contributed by atoms with Crippen molar-refractivity contribution in [2.45, 2.75) is 6.92 Å². The minimum absolute atomic E-state index is 1.32. The molecule has 0 aliphatic heterocycles. The molecule has 0 bridgehead atoms. The molecule has 13 heavy (non-hydrogen) atoms. The highest BCUT2D eigenvalue weighted by Gasteiger charge is 1.91. The van der Waals surface area contributed by atoms with E-state index in [4.69, 9.17) is 0 Å². The van der Waals surface area contributed by atoms with Crippen molar-refractivity contribution in [3.05, 3.63) is 35.9 Å². The second kappa shape index (κ2) is 5.93. The number of nitrogens with one attached hydrogen (secondary N) is 1. The van der Waals surface area contributed by atoms with Crippen LogP contribution < -0.4 is 9.38 Å². The fourth-order valence-corrected chi connectivity index (χ4v) is 0.534. The van der Waals surface area contributed by atoms with Gasteiger partial charge in [-0.05, 0) is 18.7 Å². The molecule has 1 rings (SSSR count). The van der Waals surface area contributed by atoms with Gasteiger partial charge >= 0.3 is 0 Å². The number of hydrogen-bond acceptors (Lipinski definition) is 2. The first-order valence-electron chi connectivity index (χ1n) is 3.37. The predicted molar refractivity (Wildman–Crippen MR) is 53.3 cm³/mol. The molecule has 0 fully saturated rings. The van der Waals surface area contributed by atoms with Crippen molar-refractivity contribution < 1.29 is 8.42 Å². The van der Waals surface area contributed by atoms with Crippen LogP contribution in [0.5, 0.6) is 0 Å². The van der Waals surface area contributed by atoms with E-state index in [9.17, 15) is 8.42 Å². The Kier molecular flexibility index (Phi) is 5.65. The molecule has 0 heterocycles. The first kappa shape index (κ1) is 12.4. The van der Waals surface area contributed by atoms with Crippen LogP contribution in [0.4, 0.5) is 0 Å². The molecular weight excluding hydrogens is 212 g/mol. The second-order valence-electron chi connectivity index (χ2n) is 2.28. The Hall–Kier alpha value is -0.620. The largest absolute Gasteiger partial charge is 0.287 e. The molecular formula is C7H11ClN2O2S. The quantitative estimate of drug-likeness (QED) is 0.694.